The van der Waals surface area contributed by atoms with Crippen molar-refractivity contribution in [3.05, 3.63) is 51.4 Å². The molecule has 0 spiro atoms. The smallest absolute Gasteiger partial charge is 0.262 e. The van der Waals surface area contributed by atoms with Crippen LogP contribution in [0.4, 0.5) is 5.69 Å². The van der Waals surface area contributed by atoms with E-state index < -0.39 is 10.0 Å². The van der Waals surface area contributed by atoms with Crippen molar-refractivity contribution in [1.82, 2.24) is 0 Å². The molecule has 0 bridgehead atoms. The van der Waals surface area contributed by atoms with Gasteiger partial charge in [0.15, 0.2) is 5.75 Å². The van der Waals surface area contributed by atoms with E-state index in [1.807, 2.05) is 0 Å². The summed E-state index contributed by atoms with van der Waals surface area (Å²) in [6.45, 7) is 0. The summed E-state index contributed by atoms with van der Waals surface area (Å²) < 4.78 is 27.5. The Morgan fingerprint density at radius 2 is 1.53 bits per heavy atom. The summed E-state index contributed by atoms with van der Waals surface area (Å²) in [4.78, 5) is 0.126. The molecule has 2 aromatic rings. The van der Waals surface area contributed by atoms with Crippen LogP contribution >= 0.6 is 31.9 Å². The molecule has 0 aliphatic carbocycles. The molecule has 2 rings (SSSR count). The molecule has 19 heavy (non-hydrogen) atoms. The summed E-state index contributed by atoms with van der Waals surface area (Å²) in [5, 5.41) is 9.88. The highest BCUT2D eigenvalue weighted by Gasteiger charge is 2.18. The maximum Gasteiger partial charge on any atom is 0.262 e. The van der Waals surface area contributed by atoms with E-state index in [9.17, 15) is 13.5 Å². The molecule has 0 aliphatic heterocycles. The van der Waals surface area contributed by atoms with Gasteiger partial charge in [-0.25, -0.2) is 8.42 Å². The molecule has 0 atom stereocenters. The minimum Gasteiger partial charge on any atom is -0.505 e. The lowest BCUT2D eigenvalue weighted by Crippen LogP contribution is -2.13. The SMILES string of the molecule is O=S(=O)(Nc1c(Br)ccc(Br)c1O)c1ccccc1. The Morgan fingerprint density at radius 1 is 0.947 bits per heavy atom. The van der Waals surface area contributed by atoms with Crippen molar-refractivity contribution < 1.29 is 13.5 Å². The van der Waals surface area contributed by atoms with Gasteiger partial charge < -0.3 is 5.11 Å². The van der Waals surface area contributed by atoms with Crippen molar-refractivity contribution in [2.24, 2.45) is 0 Å². The number of nitrogens with one attached hydrogen (secondary N) is 1. The van der Waals surface area contributed by atoms with Crippen molar-refractivity contribution >= 4 is 47.6 Å². The monoisotopic (exact) mass is 405 g/mol. The Morgan fingerprint density at radius 3 is 2.16 bits per heavy atom. The van der Waals surface area contributed by atoms with Crippen molar-refractivity contribution in [3.8, 4) is 5.75 Å². The molecule has 2 N–H and O–H groups in total. The molecule has 0 amide bonds. The van der Waals surface area contributed by atoms with E-state index in [4.69, 9.17) is 0 Å². The quantitative estimate of drug-likeness (QED) is 0.763. The number of aromatic hydroxyl groups is 1. The van der Waals surface area contributed by atoms with Crippen LogP contribution in [0.2, 0.25) is 0 Å². The van der Waals surface area contributed by atoms with Crippen LogP contribution in [0.1, 0.15) is 0 Å². The van der Waals surface area contributed by atoms with Crippen LogP contribution in [-0.2, 0) is 10.0 Å². The van der Waals surface area contributed by atoms with Crippen molar-refractivity contribution in [2.45, 2.75) is 4.90 Å². The minimum absolute atomic E-state index is 0.0956. The van der Waals surface area contributed by atoms with Gasteiger partial charge in [0.25, 0.3) is 10.0 Å². The summed E-state index contributed by atoms with van der Waals surface area (Å²) in [5.41, 5.74) is 0.0956. The highest BCUT2D eigenvalue weighted by Crippen LogP contribution is 2.38. The second kappa shape index (κ2) is 5.52. The standard InChI is InChI=1S/C12H9Br2NO3S/c13-9-6-7-10(14)12(16)11(9)15-19(17,18)8-4-2-1-3-5-8/h1-7,15-16H. The molecular weight excluding hydrogens is 398 g/mol. The third-order valence-electron chi connectivity index (χ3n) is 2.37. The number of halogens is 2. The molecule has 0 aromatic heterocycles. The molecule has 0 saturated carbocycles. The number of rotatable bonds is 3. The van der Waals surface area contributed by atoms with Crippen molar-refractivity contribution in [3.63, 3.8) is 0 Å². The van der Waals surface area contributed by atoms with Gasteiger partial charge in [-0.1, -0.05) is 18.2 Å². The minimum atomic E-state index is -3.74. The highest BCUT2D eigenvalue weighted by molar-refractivity contribution is 9.11. The first-order valence-corrected chi connectivity index (χ1v) is 8.23. The fourth-order valence-electron chi connectivity index (χ4n) is 1.43. The molecule has 4 nitrogen and oxygen atoms in total. The van der Waals surface area contributed by atoms with Crippen LogP contribution in [0, 0.1) is 0 Å². The Bertz CT molecular complexity index is 702. The average Bonchev–Trinajstić information content (AvgIpc) is 2.40. The molecule has 0 aliphatic rings. The average molecular weight is 407 g/mol. The lowest BCUT2D eigenvalue weighted by atomic mass is 10.3. The Hall–Kier alpha value is -1.05. The van der Waals surface area contributed by atoms with E-state index in [0.29, 0.717) is 8.95 Å². The first-order chi connectivity index (χ1) is 8.92. The van der Waals surface area contributed by atoms with Crippen LogP contribution in [0.25, 0.3) is 0 Å². The Labute approximate surface area is 127 Å². The molecule has 2 aromatic carbocycles. The van der Waals surface area contributed by atoms with Crippen LogP contribution in [0.3, 0.4) is 0 Å². The van der Waals surface area contributed by atoms with Gasteiger partial charge in [0.1, 0.15) is 5.69 Å². The molecule has 100 valence electrons. The second-order valence-electron chi connectivity index (χ2n) is 3.67. The van der Waals surface area contributed by atoms with Crippen LogP contribution < -0.4 is 4.72 Å². The Kier molecular flexibility index (Phi) is 4.17. The van der Waals surface area contributed by atoms with Crippen LogP contribution in [0.5, 0.6) is 5.75 Å². The van der Waals surface area contributed by atoms with Gasteiger partial charge in [0.2, 0.25) is 0 Å². The summed E-state index contributed by atoms with van der Waals surface area (Å²) in [5.74, 6) is -0.172. The summed E-state index contributed by atoms with van der Waals surface area (Å²) in [6.07, 6.45) is 0. The van der Waals surface area contributed by atoms with E-state index in [2.05, 4.69) is 36.6 Å². The first-order valence-electron chi connectivity index (χ1n) is 5.16. The van der Waals surface area contributed by atoms with Gasteiger partial charge in [-0.2, -0.15) is 0 Å². The fourth-order valence-corrected chi connectivity index (χ4v) is 3.42. The zero-order chi connectivity index (χ0) is 14.0. The lowest BCUT2D eigenvalue weighted by molar-refractivity contribution is 0.474. The van der Waals surface area contributed by atoms with Crippen LogP contribution in [-0.4, -0.2) is 13.5 Å². The highest BCUT2D eigenvalue weighted by atomic mass is 79.9. The second-order valence-corrected chi connectivity index (χ2v) is 7.06. The number of sulfonamides is 1. The third kappa shape index (κ3) is 3.10. The van der Waals surface area contributed by atoms with Gasteiger partial charge in [-0.15, -0.1) is 0 Å². The number of hydrogen-bond acceptors (Lipinski definition) is 3. The van der Waals surface area contributed by atoms with Crippen LogP contribution in [0.15, 0.2) is 56.3 Å². The van der Waals surface area contributed by atoms with E-state index in [0.717, 1.165) is 0 Å². The molecule has 0 radical (unpaired) electrons. The number of anilines is 1. The largest absolute Gasteiger partial charge is 0.505 e. The zero-order valence-electron chi connectivity index (χ0n) is 9.47. The third-order valence-corrected chi connectivity index (χ3v) is 5.03. The normalized spacial score (nSPS) is 11.3. The maximum atomic E-state index is 12.2. The molecule has 0 fully saturated rings. The number of benzene rings is 2. The van der Waals surface area contributed by atoms with Gasteiger partial charge in [0.05, 0.1) is 9.37 Å². The lowest BCUT2D eigenvalue weighted by Gasteiger charge is -2.12. The molecule has 0 heterocycles. The van der Waals surface area contributed by atoms with Gasteiger partial charge >= 0.3 is 0 Å². The summed E-state index contributed by atoms with van der Waals surface area (Å²) in [6, 6.07) is 11.2. The number of phenolic OH excluding ortho intramolecular Hbond substituents is 1. The predicted octanol–water partition coefficient (Wildman–Crippen LogP) is 3.72. The fraction of sp³-hybridized carbons (Fsp3) is 0. The van der Waals surface area contributed by atoms with E-state index in [1.165, 1.54) is 12.1 Å². The van der Waals surface area contributed by atoms with E-state index in [-0.39, 0.29) is 16.3 Å². The summed E-state index contributed by atoms with van der Waals surface area (Å²) in [7, 11) is -3.74. The van der Waals surface area contributed by atoms with Gasteiger partial charge in [-0.3, -0.25) is 4.72 Å². The maximum absolute atomic E-state index is 12.2. The van der Waals surface area contributed by atoms with Crippen molar-refractivity contribution in [1.29, 1.82) is 0 Å². The zero-order valence-corrected chi connectivity index (χ0v) is 13.5. The van der Waals surface area contributed by atoms with E-state index >= 15 is 0 Å². The summed E-state index contributed by atoms with van der Waals surface area (Å²) >= 11 is 6.34. The Balaban J connectivity index is 2.45. The first kappa shape index (κ1) is 14.4. The van der Waals surface area contributed by atoms with Crippen molar-refractivity contribution in [2.75, 3.05) is 4.72 Å². The molecule has 0 unspecified atom stereocenters. The molecular formula is C12H9Br2NO3S. The molecule has 0 saturated heterocycles. The topological polar surface area (TPSA) is 66.4 Å². The number of phenols is 1. The van der Waals surface area contributed by atoms with Gasteiger partial charge in [0, 0.05) is 4.47 Å². The molecule has 7 heteroatoms. The predicted molar refractivity (Wildman–Crippen MR) is 80.8 cm³/mol. The van der Waals surface area contributed by atoms with E-state index in [1.54, 1.807) is 30.3 Å². The number of hydrogen-bond donors (Lipinski definition) is 2. The van der Waals surface area contributed by atoms with Gasteiger partial charge in [-0.05, 0) is 56.1 Å².